The van der Waals surface area contributed by atoms with Gasteiger partial charge in [-0.25, -0.2) is 0 Å². The lowest BCUT2D eigenvalue weighted by Crippen LogP contribution is -2.27. The largest absolute Gasteiger partial charge is 0.465 e. The fourth-order valence-corrected chi connectivity index (χ4v) is 0.948. The topological polar surface area (TPSA) is 69.0 Å². The Kier molecular flexibility index (Phi) is 4.63. The summed E-state index contributed by atoms with van der Waals surface area (Å²) in [4.78, 5) is 10.9. The Morgan fingerprint density at radius 1 is 1.64 bits per heavy atom. The summed E-state index contributed by atoms with van der Waals surface area (Å²) in [6, 6.07) is 0. The van der Waals surface area contributed by atoms with Gasteiger partial charge in [0.25, 0.3) is 0 Å². The van der Waals surface area contributed by atoms with Gasteiger partial charge in [-0.05, 0) is 6.92 Å². The molecule has 1 rings (SSSR count). The first kappa shape index (κ1) is 10.6. The lowest BCUT2D eigenvalue weighted by molar-refractivity contribution is -0.141. The summed E-state index contributed by atoms with van der Waals surface area (Å²) < 4.78 is 6.44. The second-order valence-electron chi connectivity index (χ2n) is 2.65. The van der Waals surface area contributed by atoms with Gasteiger partial charge in [0.05, 0.1) is 25.9 Å². The molecule has 0 aromatic carbocycles. The summed E-state index contributed by atoms with van der Waals surface area (Å²) in [5, 5.41) is 10.4. The van der Waals surface area contributed by atoms with Crippen molar-refractivity contribution in [3.8, 4) is 0 Å². The lowest BCUT2D eigenvalue weighted by Gasteiger charge is -2.03. The summed E-state index contributed by atoms with van der Waals surface area (Å²) >= 11 is 0. The smallest absolute Gasteiger partial charge is 0.319 e. The third-order valence-corrected chi connectivity index (χ3v) is 1.56. The number of aromatic nitrogens is 3. The Bertz CT molecular complexity index is 260. The monoisotopic (exact) mass is 198 g/mol. The van der Waals surface area contributed by atoms with Crippen molar-refractivity contribution in [2.24, 2.45) is 0 Å². The van der Waals surface area contributed by atoms with Gasteiger partial charge >= 0.3 is 5.97 Å². The van der Waals surface area contributed by atoms with Gasteiger partial charge in [0.1, 0.15) is 0 Å². The van der Waals surface area contributed by atoms with Crippen LogP contribution in [0.5, 0.6) is 0 Å². The van der Waals surface area contributed by atoms with Crippen LogP contribution < -0.4 is 5.32 Å². The maximum atomic E-state index is 10.9. The van der Waals surface area contributed by atoms with Crippen LogP contribution in [0.2, 0.25) is 0 Å². The molecule has 1 aromatic heterocycles. The maximum absolute atomic E-state index is 10.9. The molecule has 0 aliphatic rings. The van der Waals surface area contributed by atoms with Crippen LogP contribution in [-0.2, 0) is 16.1 Å². The predicted octanol–water partition coefficient (Wildman–Crippen LogP) is -0.569. The van der Waals surface area contributed by atoms with Gasteiger partial charge in [0.2, 0.25) is 0 Å². The van der Waals surface area contributed by atoms with E-state index in [1.807, 2.05) is 0 Å². The highest BCUT2D eigenvalue weighted by atomic mass is 16.5. The van der Waals surface area contributed by atoms with E-state index in [-0.39, 0.29) is 12.5 Å². The standard InChI is InChI=1S/C8H14N4O2/c1-2-14-8(13)7-9-3-5-12-6-4-10-11-12/h4,6,9H,2-3,5,7H2,1H3. The number of carbonyl (C=O) groups is 1. The molecule has 0 atom stereocenters. The number of rotatable bonds is 6. The van der Waals surface area contributed by atoms with Crippen LogP contribution in [0, 0.1) is 0 Å². The molecule has 0 amide bonds. The zero-order valence-corrected chi connectivity index (χ0v) is 8.14. The van der Waals surface area contributed by atoms with Crippen molar-refractivity contribution >= 4 is 5.97 Å². The molecule has 0 saturated carbocycles. The predicted molar refractivity (Wildman–Crippen MR) is 49.5 cm³/mol. The molecular weight excluding hydrogens is 184 g/mol. The number of carbonyl (C=O) groups excluding carboxylic acids is 1. The molecule has 1 N–H and O–H groups in total. The Morgan fingerprint density at radius 2 is 2.50 bits per heavy atom. The van der Waals surface area contributed by atoms with Crippen LogP contribution in [-0.4, -0.2) is 40.7 Å². The third-order valence-electron chi connectivity index (χ3n) is 1.56. The lowest BCUT2D eigenvalue weighted by atomic mass is 10.5. The molecular formula is C8H14N4O2. The van der Waals surface area contributed by atoms with Gasteiger partial charge < -0.3 is 10.1 Å². The van der Waals surface area contributed by atoms with E-state index in [4.69, 9.17) is 4.74 Å². The van der Waals surface area contributed by atoms with Gasteiger partial charge in [-0.1, -0.05) is 5.21 Å². The van der Waals surface area contributed by atoms with Crippen molar-refractivity contribution in [1.82, 2.24) is 20.3 Å². The molecule has 0 aliphatic heterocycles. The molecule has 0 spiro atoms. The molecule has 1 aromatic rings. The first-order chi connectivity index (χ1) is 6.83. The van der Waals surface area contributed by atoms with Crippen molar-refractivity contribution in [1.29, 1.82) is 0 Å². The summed E-state index contributed by atoms with van der Waals surface area (Å²) in [6.07, 6.45) is 3.39. The van der Waals surface area contributed by atoms with E-state index in [1.165, 1.54) is 0 Å². The van der Waals surface area contributed by atoms with Crippen molar-refractivity contribution in [3.05, 3.63) is 12.4 Å². The van der Waals surface area contributed by atoms with Crippen LogP contribution in [0.4, 0.5) is 0 Å². The van der Waals surface area contributed by atoms with Crippen molar-refractivity contribution < 1.29 is 9.53 Å². The fourth-order valence-electron chi connectivity index (χ4n) is 0.948. The Morgan fingerprint density at radius 3 is 3.14 bits per heavy atom. The highest BCUT2D eigenvalue weighted by molar-refractivity contribution is 5.71. The van der Waals surface area contributed by atoms with Gasteiger partial charge in [-0.3, -0.25) is 9.48 Å². The first-order valence-corrected chi connectivity index (χ1v) is 4.53. The SMILES string of the molecule is CCOC(=O)CNCCn1ccnn1. The first-order valence-electron chi connectivity index (χ1n) is 4.53. The van der Waals surface area contributed by atoms with Crippen LogP contribution in [0.25, 0.3) is 0 Å². The number of nitrogens with zero attached hydrogens (tertiary/aromatic N) is 3. The minimum Gasteiger partial charge on any atom is -0.465 e. The molecule has 0 fully saturated rings. The van der Waals surface area contributed by atoms with E-state index >= 15 is 0 Å². The molecule has 0 bridgehead atoms. The van der Waals surface area contributed by atoms with E-state index in [0.717, 1.165) is 0 Å². The molecule has 1 heterocycles. The van der Waals surface area contributed by atoms with Gasteiger partial charge in [-0.15, -0.1) is 5.10 Å². The summed E-state index contributed by atoms with van der Waals surface area (Å²) in [5.41, 5.74) is 0. The number of hydrogen-bond acceptors (Lipinski definition) is 5. The van der Waals surface area contributed by atoms with Crippen LogP contribution in [0.15, 0.2) is 12.4 Å². The molecule has 14 heavy (non-hydrogen) atoms. The average molecular weight is 198 g/mol. The van der Waals surface area contributed by atoms with Crippen LogP contribution in [0.3, 0.4) is 0 Å². The van der Waals surface area contributed by atoms with Crippen LogP contribution >= 0.6 is 0 Å². The Balaban J connectivity index is 2.02. The zero-order valence-electron chi connectivity index (χ0n) is 8.14. The van der Waals surface area contributed by atoms with E-state index < -0.39 is 0 Å². The van der Waals surface area contributed by atoms with Crippen molar-refractivity contribution in [2.45, 2.75) is 13.5 Å². The summed E-state index contributed by atoms with van der Waals surface area (Å²) in [7, 11) is 0. The fraction of sp³-hybridized carbons (Fsp3) is 0.625. The number of ether oxygens (including phenoxy) is 1. The second-order valence-corrected chi connectivity index (χ2v) is 2.65. The van der Waals surface area contributed by atoms with E-state index in [1.54, 1.807) is 24.0 Å². The minimum absolute atomic E-state index is 0.230. The quantitative estimate of drug-likeness (QED) is 0.489. The molecule has 0 unspecified atom stereocenters. The normalized spacial score (nSPS) is 10.1. The number of hydrogen-bond donors (Lipinski definition) is 1. The molecule has 6 heteroatoms. The van der Waals surface area contributed by atoms with Gasteiger partial charge in [0.15, 0.2) is 0 Å². The van der Waals surface area contributed by atoms with Gasteiger partial charge in [0, 0.05) is 12.7 Å². The second kappa shape index (κ2) is 6.09. The Hall–Kier alpha value is -1.43. The number of esters is 1. The van der Waals surface area contributed by atoms with E-state index in [0.29, 0.717) is 19.7 Å². The summed E-state index contributed by atoms with van der Waals surface area (Å²) in [5.74, 6) is -0.230. The van der Waals surface area contributed by atoms with E-state index in [2.05, 4.69) is 15.6 Å². The number of nitrogens with one attached hydrogen (secondary N) is 1. The average Bonchev–Trinajstić information content (AvgIpc) is 2.65. The maximum Gasteiger partial charge on any atom is 0.319 e. The highest BCUT2D eigenvalue weighted by Gasteiger charge is 1.99. The zero-order chi connectivity index (χ0) is 10.2. The van der Waals surface area contributed by atoms with E-state index in [9.17, 15) is 4.79 Å². The van der Waals surface area contributed by atoms with Gasteiger partial charge in [-0.2, -0.15) is 0 Å². The molecule has 0 radical (unpaired) electrons. The minimum atomic E-state index is -0.230. The summed E-state index contributed by atoms with van der Waals surface area (Å²) in [6.45, 7) is 3.81. The molecule has 6 nitrogen and oxygen atoms in total. The van der Waals surface area contributed by atoms with Crippen LogP contribution in [0.1, 0.15) is 6.92 Å². The Labute approximate surface area is 82.2 Å². The van der Waals surface area contributed by atoms with Crippen molar-refractivity contribution in [3.63, 3.8) is 0 Å². The molecule has 78 valence electrons. The third kappa shape index (κ3) is 3.99. The highest BCUT2D eigenvalue weighted by Crippen LogP contribution is 1.79. The molecule has 0 aliphatic carbocycles. The van der Waals surface area contributed by atoms with Crippen molar-refractivity contribution in [2.75, 3.05) is 19.7 Å². The molecule has 0 saturated heterocycles.